The second-order valence-corrected chi connectivity index (χ2v) is 10.3. The van der Waals surface area contributed by atoms with Crippen LogP contribution in [-0.4, -0.2) is 24.5 Å². The van der Waals surface area contributed by atoms with Crippen LogP contribution in [0.3, 0.4) is 0 Å². The summed E-state index contributed by atoms with van der Waals surface area (Å²) in [6, 6.07) is 47.7. The SMILES string of the molecule is c1ccc(-c2nccnc2-c2cccc(-c3nc(-c4ccccc4)c4c(n3)c3ccccc3n4-c3ccccc3)c2)cc1. The van der Waals surface area contributed by atoms with Crippen LogP contribution in [0.4, 0.5) is 0 Å². The van der Waals surface area contributed by atoms with Crippen LogP contribution < -0.4 is 0 Å². The summed E-state index contributed by atoms with van der Waals surface area (Å²) in [6.45, 7) is 0. The normalized spacial score (nSPS) is 11.3. The van der Waals surface area contributed by atoms with Gasteiger partial charge in [0, 0.05) is 45.7 Å². The first-order valence-corrected chi connectivity index (χ1v) is 14.2. The molecule has 0 atom stereocenters. The topological polar surface area (TPSA) is 56.5 Å². The fourth-order valence-electron chi connectivity index (χ4n) is 5.78. The minimum Gasteiger partial charge on any atom is -0.306 e. The number of hydrogen-bond donors (Lipinski definition) is 0. The van der Waals surface area contributed by atoms with Gasteiger partial charge in [-0.05, 0) is 24.3 Å². The average molecular weight is 552 g/mol. The molecule has 0 amide bonds. The standard InChI is InChI=1S/C38H25N5/c1-4-13-26(14-5-1)33-34(40-24-23-39-33)28-17-12-18-29(25-28)38-41-35(27-15-6-2-7-16-27)37-36(42-38)31-21-10-11-22-32(31)43(37)30-19-8-3-9-20-30/h1-25H. The number of para-hydroxylation sites is 2. The molecular weight excluding hydrogens is 526 g/mol. The van der Waals surface area contributed by atoms with E-state index in [0.717, 1.165) is 67.0 Å². The van der Waals surface area contributed by atoms with Crippen molar-refractivity contribution in [2.24, 2.45) is 0 Å². The molecule has 3 heterocycles. The van der Waals surface area contributed by atoms with E-state index in [1.54, 1.807) is 12.4 Å². The monoisotopic (exact) mass is 551 g/mol. The molecule has 5 heteroatoms. The third-order valence-electron chi connectivity index (χ3n) is 7.71. The molecule has 0 saturated heterocycles. The molecule has 0 unspecified atom stereocenters. The highest BCUT2D eigenvalue weighted by Crippen LogP contribution is 2.38. The van der Waals surface area contributed by atoms with Crippen LogP contribution >= 0.6 is 0 Å². The van der Waals surface area contributed by atoms with E-state index in [-0.39, 0.29) is 0 Å². The maximum absolute atomic E-state index is 5.27. The minimum atomic E-state index is 0.661. The highest BCUT2D eigenvalue weighted by Gasteiger charge is 2.21. The van der Waals surface area contributed by atoms with Crippen molar-refractivity contribution in [3.05, 3.63) is 152 Å². The van der Waals surface area contributed by atoms with Gasteiger partial charge in [0.25, 0.3) is 0 Å². The van der Waals surface area contributed by atoms with Crippen molar-refractivity contribution in [1.29, 1.82) is 0 Å². The van der Waals surface area contributed by atoms with Gasteiger partial charge in [0.05, 0.1) is 28.1 Å². The molecule has 8 rings (SSSR count). The van der Waals surface area contributed by atoms with E-state index < -0.39 is 0 Å². The van der Waals surface area contributed by atoms with Crippen LogP contribution in [0.25, 0.3) is 72.8 Å². The Bertz CT molecular complexity index is 2220. The van der Waals surface area contributed by atoms with Gasteiger partial charge < -0.3 is 4.57 Å². The van der Waals surface area contributed by atoms with Crippen molar-refractivity contribution in [2.45, 2.75) is 0 Å². The molecular formula is C38H25N5. The van der Waals surface area contributed by atoms with Gasteiger partial charge >= 0.3 is 0 Å². The van der Waals surface area contributed by atoms with Crippen molar-refractivity contribution >= 4 is 21.9 Å². The summed E-state index contributed by atoms with van der Waals surface area (Å²) in [5.74, 6) is 0.661. The Morgan fingerprint density at radius 2 is 1.00 bits per heavy atom. The Hall–Kier alpha value is -5.94. The van der Waals surface area contributed by atoms with Gasteiger partial charge in [-0.1, -0.05) is 115 Å². The van der Waals surface area contributed by atoms with Crippen LogP contribution in [0.2, 0.25) is 0 Å². The number of rotatable bonds is 5. The molecule has 0 aliphatic heterocycles. The largest absolute Gasteiger partial charge is 0.306 e. The average Bonchev–Trinajstić information content (AvgIpc) is 3.43. The Labute approximate surface area is 248 Å². The first kappa shape index (κ1) is 24.8. The van der Waals surface area contributed by atoms with Crippen molar-refractivity contribution < 1.29 is 0 Å². The van der Waals surface area contributed by atoms with Gasteiger partial charge in [0.1, 0.15) is 5.52 Å². The molecule has 0 N–H and O–H groups in total. The van der Waals surface area contributed by atoms with Gasteiger partial charge in [-0.2, -0.15) is 0 Å². The molecule has 0 bridgehead atoms. The molecule has 43 heavy (non-hydrogen) atoms. The summed E-state index contributed by atoms with van der Waals surface area (Å²) < 4.78 is 2.28. The minimum absolute atomic E-state index is 0.661. The second kappa shape index (κ2) is 10.5. The maximum atomic E-state index is 5.27. The van der Waals surface area contributed by atoms with Gasteiger partial charge in [0.2, 0.25) is 0 Å². The van der Waals surface area contributed by atoms with E-state index in [0.29, 0.717) is 5.82 Å². The lowest BCUT2D eigenvalue weighted by molar-refractivity contribution is 1.15. The first-order valence-electron chi connectivity index (χ1n) is 14.2. The van der Waals surface area contributed by atoms with Crippen LogP contribution in [0, 0.1) is 0 Å². The van der Waals surface area contributed by atoms with Gasteiger partial charge in [-0.15, -0.1) is 0 Å². The molecule has 5 nitrogen and oxygen atoms in total. The van der Waals surface area contributed by atoms with Crippen molar-refractivity contribution in [3.8, 4) is 50.8 Å². The molecule has 3 aromatic heterocycles. The van der Waals surface area contributed by atoms with E-state index in [2.05, 4.69) is 108 Å². The predicted octanol–water partition coefficient (Wildman–Crippen LogP) is 9.03. The summed E-state index contributed by atoms with van der Waals surface area (Å²) in [5.41, 5.74) is 10.5. The van der Waals surface area contributed by atoms with Gasteiger partial charge in [0.15, 0.2) is 5.82 Å². The van der Waals surface area contributed by atoms with E-state index >= 15 is 0 Å². The van der Waals surface area contributed by atoms with Crippen molar-refractivity contribution in [2.75, 3.05) is 0 Å². The van der Waals surface area contributed by atoms with Crippen LogP contribution in [0.1, 0.15) is 0 Å². The Morgan fingerprint density at radius 3 is 1.72 bits per heavy atom. The zero-order chi connectivity index (χ0) is 28.6. The van der Waals surface area contributed by atoms with Gasteiger partial charge in [-0.3, -0.25) is 9.97 Å². The van der Waals surface area contributed by atoms with E-state index in [9.17, 15) is 0 Å². The lowest BCUT2D eigenvalue weighted by atomic mass is 10.0. The number of fused-ring (bicyclic) bond motifs is 3. The van der Waals surface area contributed by atoms with Gasteiger partial charge in [-0.25, -0.2) is 9.97 Å². The highest BCUT2D eigenvalue weighted by atomic mass is 15.0. The lowest BCUT2D eigenvalue weighted by Gasteiger charge is -2.13. The maximum Gasteiger partial charge on any atom is 0.160 e. The van der Waals surface area contributed by atoms with E-state index in [1.807, 2.05) is 36.4 Å². The molecule has 0 spiro atoms. The number of benzene rings is 5. The quantitative estimate of drug-likeness (QED) is 0.214. The lowest BCUT2D eigenvalue weighted by Crippen LogP contribution is -2.00. The predicted molar refractivity (Wildman–Crippen MR) is 174 cm³/mol. The van der Waals surface area contributed by atoms with Crippen LogP contribution in [0.5, 0.6) is 0 Å². The Morgan fingerprint density at radius 1 is 0.442 bits per heavy atom. The van der Waals surface area contributed by atoms with Crippen LogP contribution in [0.15, 0.2) is 152 Å². The first-order chi connectivity index (χ1) is 21.3. The molecule has 0 fully saturated rings. The smallest absolute Gasteiger partial charge is 0.160 e. The number of aromatic nitrogens is 5. The molecule has 5 aromatic carbocycles. The molecule has 0 aliphatic carbocycles. The fourth-order valence-corrected chi connectivity index (χ4v) is 5.78. The van der Waals surface area contributed by atoms with Crippen molar-refractivity contribution in [3.63, 3.8) is 0 Å². The zero-order valence-corrected chi connectivity index (χ0v) is 23.2. The molecule has 202 valence electrons. The number of hydrogen-bond acceptors (Lipinski definition) is 4. The molecule has 0 radical (unpaired) electrons. The molecule has 0 saturated carbocycles. The summed E-state index contributed by atoms with van der Waals surface area (Å²) in [5, 5.41) is 1.08. The third-order valence-corrected chi connectivity index (χ3v) is 7.71. The van der Waals surface area contributed by atoms with E-state index in [1.165, 1.54) is 0 Å². The van der Waals surface area contributed by atoms with E-state index in [4.69, 9.17) is 19.9 Å². The fraction of sp³-hybridized carbons (Fsp3) is 0. The third kappa shape index (κ3) is 4.35. The zero-order valence-electron chi connectivity index (χ0n) is 23.2. The molecule has 0 aliphatic rings. The summed E-state index contributed by atoms with van der Waals surface area (Å²) in [6.07, 6.45) is 3.48. The number of nitrogens with zero attached hydrogens (tertiary/aromatic N) is 5. The summed E-state index contributed by atoms with van der Waals surface area (Å²) in [7, 11) is 0. The highest BCUT2D eigenvalue weighted by molar-refractivity contribution is 6.11. The Balaban J connectivity index is 1.39. The van der Waals surface area contributed by atoms with Crippen molar-refractivity contribution in [1.82, 2.24) is 24.5 Å². The molecule has 8 aromatic rings. The summed E-state index contributed by atoms with van der Waals surface area (Å²) >= 11 is 0. The Kier molecular flexibility index (Phi) is 6.05. The van der Waals surface area contributed by atoms with Crippen LogP contribution in [-0.2, 0) is 0 Å². The summed E-state index contributed by atoms with van der Waals surface area (Å²) in [4.78, 5) is 20.0. The second-order valence-electron chi connectivity index (χ2n) is 10.3.